The molecule has 0 heterocycles. The van der Waals surface area contributed by atoms with Crippen LogP contribution in [0.25, 0.3) is 0 Å². The molecule has 112 valence electrons. The van der Waals surface area contributed by atoms with Crippen LogP contribution in [0, 0.1) is 5.92 Å². The van der Waals surface area contributed by atoms with Crippen LogP contribution in [-0.4, -0.2) is 52.1 Å². The van der Waals surface area contributed by atoms with E-state index in [1.165, 1.54) is 0 Å². The van der Waals surface area contributed by atoms with Gasteiger partial charge in [0, 0.05) is 19.7 Å². The van der Waals surface area contributed by atoms with Gasteiger partial charge in [-0.25, -0.2) is 0 Å². The SMILES string of the molecule is CCOC(=O)C1CCCC(NCCOCCOC)C1. The summed E-state index contributed by atoms with van der Waals surface area (Å²) in [5.41, 5.74) is 0. The van der Waals surface area contributed by atoms with Crippen LogP contribution in [-0.2, 0) is 19.0 Å². The Balaban J connectivity index is 2.11. The number of esters is 1. The first-order valence-corrected chi connectivity index (χ1v) is 7.24. The van der Waals surface area contributed by atoms with Crippen LogP contribution >= 0.6 is 0 Å². The highest BCUT2D eigenvalue weighted by Crippen LogP contribution is 2.25. The Morgan fingerprint density at radius 1 is 1.26 bits per heavy atom. The van der Waals surface area contributed by atoms with Crippen molar-refractivity contribution in [2.75, 3.05) is 40.1 Å². The van der Waals surface area contributed by atoms with Crippen molar-refractivity contribution in [2.24, 2.45) is 5.92 Å². The van der Waals surface area contributed by atoms with Gasteiger partial charge in [0.1, 0.15) is 0 Å². The first-order chi connectivity index (χ1) is 9.27. The molecule has 0 bridgehead atoms. The van der Waals surface area contributed by atoms with Crippen LogP contribution in [0.2, 0.25) is 0 Å². The number of ether oxygens (including phenoxy) is 3. The average Bonchev–Trinajstić information content (AvgIpc) is 2.43. The smallest absolute Gasteiger partial charge is 0.308 e. The van der Waals surface area contributed by atoms with E-state index in [1.54, 1.807) is 7.11 Å². The molecule has 1 N–H and O–H groups in total. The van der Waals surface area contributed by atoms with Crippen molar-refractivity contribution in [2.45, 2.75) is 38.6 Å². The Kier molecular flexibility index (Phi) is 8.79. The van der Waals surface area contributed by atoms with Gasteiger partial charge in [0.05, 0.1) is 32.3 Å². The third-order valence-corrected chi connectivity index (χ3v) is 3.41. The topological polar surface area (TPSA) is 56.8 Å². The summed E-state index contributed by atoms with van der Waals surface area (Å²) in [5, 5.41) is 3.45. The zero-order valence-corrected chi connectivity index (χ0v) is 12.2. The van der Waals surface area contributed by atoms with E-state index in [1.807, 2.05) is 6.92 Å². The van der Waals surface area contributed by atoms with E-state index in [0.29, 0.717) is 32.5 Å². The molecule has 1 aliphatic rings. The van der Waals surface area contributed by atoms with Gasteiger partial charge in [0.2, 0.25) is 0 Å². The highest BCUT2D eigenvalue weighted by molar-refractivity contribution is 5.72. The number of nitrogens with one attached hydrogen (secondary N) is 1. The fraction of sp³-hybridized carbons (Fsp3) is 0.929. The van der Waals surface area contributed by atoms with E-state index in [2.05, 4.69) is 5.32 Å². The summed E-state index contributed by atoms with van der Waals surface area (Å²) in [6, 6.07) is 0.411. The normalized spacial score (nSPS) is 23.3. The lowest BCUT2D eigenvalue weighted by Crippen LogP contribution is -2.38. The van der Waals surface area contributed by atoms with Crippen LogP contribution in [0.3, 0.4) is 0 Å². The molecule has 0 spiro atoms. The quantitative estimate of drug-likeness (QED) is 0.508. The Labute approximate surface area is 116 Å². The maximum Gasteiger partial charge on any atom is 0.308 e. The molecule has 2 atom stereocenters. The molecule has 2 unspecified atom stereocenters. The molecule has 19 heavy (non-hydrogen) atoms. The van der Waals surface area contributed by atoms with Crippen LogP contribution in [0.15, 0.2) is 0 Å². The lowest BCUT2D eigenvalue weighted by Gasteiger charge is -2.28. The van der Waals surface area contributed by atoms with Crippen molar-refractivity contribution < 1.29 is 19.0 Å². The molecule has 0 aromatic heterocycles. The molecule has 0 amide bonds. The second kappa shape index (κ2) is 10.2. The van der Waals surface area contributed by atoms with Gasteiger partial charge in [-0.15, -0.1) is 0 Å². The monoisotopic (exact) mass is 273 g/mol. The lowest BCUT2D eigenvalue weighted by molar-refractivity contribution is -0.149. The summed E-state index contributed by atoms with van der Waals surface area (Å²) >= 11 is 0. The lowest BCUT2D eigenvalue weighted by atomic mass is 9.86. The third-order valence-electron chi connectivity index (χ3n) is 3.41. The maximum atomic E-state index is 11.7. The zero-order chi connectivity index (χ0) is 13.9. The van der Waals surface area contributed by atoms with Crippen LogP contribution in [0.1, 0.15) is 32.6 Å². The Bertz CT molecular complexity index is 248. The molecular weight excluding hydrogens is 246 g/mol. The molecule has 1 aliphatic carbocycles. The number of hydrogen-bond donors (Lipinski definition) is 1. The van der Waals surface area contributed by atoms with Gasteiger partial charge in [0.15, 0.2) is 0 Å². The highest BCUT2D eigenvalue weighted by atomic mass is 16.5. The summed E-state index contributed by atoms with van der Waals surface area (Å²) < 4.78 is 15.4. The van der Waals surface area contributed by atoms with Gasteiger partial charge >= 0.3 is 5.97 Å². The van der Waals surface area contributed by atoms with Gasteiger partial charge in [0.25, 0.3) is 0 Å². The second-order valence-electron chi connectivity index (χ2n) is 4.87. The van der Waals surface area contributed by atoms with Crippen molar-refractivity contribution in [3.05, 3.63) is 0 Å². The van der Waals surface area contributed by atoms with Gasteiger partial charge in [-0.3, -0.25) is 4.79 Å². The van der Waals surface area contributed by atoms with Crippen molar-refractivity contribution in [3.8, 4) is 0 Å². The van der Waals surface area contributed by atoms with E-state index in [0.717, 1.165) is 32.2 Å². The second-order valence-corrected chi connectivity index (χ2v) is 4.87. The minimum Gasteiger partial charge on any atom is -0.466 e. The minimum atomic E-state index is -0.0367. The molecule has 0 radical (unpaired) electrons. The molecule has 0 aromatic rings. The third kappa shape index (κ3) is 6.89. The summed E-state index contributed by atoms with van der Waals surface area (Å²) in [7, 11) is 1.67. The van der Waals surface area contributed by atoms with Gasteiger partial charge < -0.3 is 19.5 Å². The molecule has 0 aliphatic heterocycles. The number of rotatable bonds is 9. The Morgan fingerprint density at radius 3 is 2.84 bits per heavy atom. The van der Waals surface area contributed by atoms with Crippen LogP contribution in [0.5, 0.6) is 0 Å². The zero-order valence-electron chi connectivity index (χ0n) is 12.2. The average molecular weight is 273 g/mol. The van der Waals surface area contributed by atoms with Crippen molar-refractivity contribution in [3.63, 3.8) is 0 Å². The first kappa shape index (κ1) is 16.4. The molecule has 1 fully saturated rings. The summed E-state index contributed by atoms with van der Waals surface area (Å²) in [4.78, 5) is 11.7. The van der Waals surface area contributed by atoms with Gasteiger partial charge in [-0.1, -0.05) is 6.42 Å². The first-order valence-electron chi connectivity index (χ1n) is 7.24. The fourth-order valence-corrected chi connectivity index (χ4v) is 2.43. The van der Waals surface area contributed by atoms with E-state index in [9.17, 15) is 4.79 Å². The number of carbonyl (C=O) groups excluding carboxylic acids is 1. The van der Waals surface area contributed by atoms with Gasteiger partial charge in [-0.05, 0) is 26.2 Å². The van der Waals surface area contributed by atoms with E-state index < -0.39 is 0 Å². The summed E-state index contributed by atoms with van der Waals surface area (Å²) in [6.07, 6.45) is 4.07. The molecule has 1 rings (SSSR count). The summed E-state index contributed by atoms with van der Waals surface area (Å²) in [5.74, 6) is 0.0333. The molecule has 5 nitrogen and oxygen atoms in total. The van der Waals surface area contributed by atoms with Crippen LogP contribution in [0.4, 0.5) is 0 Å². The predicted octanol–water partition coefficient (Wildman–Crippen LogP) is 1.36. The fourth-order valence-electron chi connectivity index (χ4n) is 2.43. The number of methoxy groups -OCH3 is 1. The molecule has 1 saturated carbocycles. The highest BCUT2D eigenvalue weighted by Gasteiger charge is 2.27. The van der Waals surface area contributed by atoms with Crippen molar-refractivity contribution >= 4 is 5.97 Å². The van der Waals surface area contributed by atoms with Crippen LogP contribution < -0.4 is 5.32 Å². The minimum absolute atomic E-state index is 0.0367. The van der Waals surface area contributed by atoms with Gasteiger partial charge in [-0.2, -0.15) is 0 Å². The maximum absolute atomic E-state index is 11.7. The van der Waals surface area contributed by atoms with E-state index >= 15 is 0 Å². The summed E-state index contributed by atoms with van der Waals surface area (Å²) in [6.45, 7) is 5.10. The Morgan fingerprint density at radius 2 is 2.11 bits per heavy atom. The number of hydrogen-bond acceptors (Lipinski definition) is 5. The largest absolute Gasteiger partial charge is 0.466 e. The molecule has 0 aromatic carbocycles. The number of carbonyl (C=O) groups is 1. The molecular formula is C14H27NO4. The molecule has 0 saturated heterocycles. The standard InChI is InChI=1S/C14H27NO4/c1-3-19-14(16)12-5-4-6-13(11-12)15-7-8-18-10-9-17-2/h12-13,15H,3-11H2,1-2H3. The van der Waals surface area contributed by atoms with E-state index in [-0.39, 0.29) is 11.9 Å². The molecule has 5 heteroatoms. The van der Waals surface area contributed by atoms with Crippen molar-refractivity contribution in [1.82, 2.24) is 5.32 Å². The van der Waals surface area contributed by atoms with E-state index in [4.69, 9.17) is 14.2 Å². The predicted molar refractivity (Wildman–Crippen MR) is 73.1 cm³/mol. The Hall–Kier alpha value is -0.650. The van der Waals surface area contributed by atoms with Crippen molar-refractivity contribution in [1.29, 1.82) is 0 Å².